The van der Waals surface area contributed by atoms with E-state index in [4.69, 9.17) is 0 Å². The monoisotopic (exact) mass is 355 g/mol. The number of amides is 3. The van der Waals surface area contributed by atoms with Crippen LogP contribution >= 0.6 is 0 Å². The molecule has 26 heavy (non-hydrogen) atoms. The molecule has 0 radical (unpaired) electrons. The lowest BCUT2D eigenvalue weighted by molar-refractivity contribution is -0.136. The van der Waals surface area contributed by atoms with Gasteiger partial charge in [-0.3, -0.25) is 9.69 Å². The molecule has 2 heterocycles. The number of imide groups is 1. The van der Waals surface area contributed by atoms with E-state index >= 15 is 0 Å². The molecule has 3 amide bonds. The van der Waals surface area contributed by atoms with Crippen molar-refractivity contribution in [2.24, 2.45) is 11.3 Å². The quantitative estimate of drug-likeness (QED) is 0.829. The van der Waals surface area contributed by atoms with Crippen molar-refractivity contribution in [3.8, 4) is 0 Å². The second kappa shape index (κ2) is 6.08. The molecule has 1 N–H and O–H groups in total. The largest absolute Gasteiger partial charge is 0.326 e. The molecular weight excluding hydrogens is 326 g/mol. The molecular formula is C21H29N3O2. The topological polar surface area (TPSA) is 52.7 Å². The first-order valence-corrected chi connectivity index (χ1v) is 9.71. The van der Waals surface area contributed by atoms with Crippen molar-refractivity contribution in [1.29, 1.82) is 0 Å². The molecule has 1 aromatic rings. The molecule has 1 aromatic carbocycles. The van der Waals surface area contributed by atoms with Crippen LogP contribution in [0, 0.1) is 11.3 Å². The summed E-state index contributed by atoms with van der Waals surface area (Å²) in [6, 6.07) is 8.21. The van der Waals surface area contributed by atoms with Gasteiger partial charge in [-0.05, 0) is 48.1 Å². The number of urea groups is 1. The van der Waals surface area contributed by atoms with E-state index < -0.39 is 5.54 Å². The Morgan fingerprint density at radius 3 is 2.62 bits per heavy atom. The Kier molecular flexibility index (Phi) is 4.10. The van der Waals surface area contributed by atoms with E-state index in [1.807, 2.05) is 0 Å². The summed E-state index contributed by atoms with van der Waals surface area (Å²) in [7, 11) is 0. The molecule has 4 rings (SSSR count). The summed E-state index contributed by atoms with van der Waals surface area (Å²) >= 11 is 0. The van der Waals surface area contributed by atoms with Crippen LogP contribution in [0.3, 0.4) is 0 Å². The van der Waals surface area contributed by atoms with Gasteiger partial charge in [-0.15, -0.1) is 0 Å². The van der Waals surface area contributed by atoms with Crippen LogP contribution in [0.2, 0.25) is 0 Å². The summed E-state index contributed by atoms with van der Waals surface area (Å²) in [4.78, 5) is 29.6. The van der Waals surface area contributed by atoms with Gasteiger partial charge in [0.1, 0.15) is 5.54 Å². The van der Waals surface area contributed by atoms with E-state index in [0.29, 0.717) is 12.6 Å². The molecule has 5 heteroatoms. The molecule has 2 unspecified atom stereocenters. The van der Waals surface area contributed by atoms with E-state index in [1.165, 1.54) is 16.0 Å². The number of fused-ring (bicyclic) bond motifs is 1. The third kappa shape index (κ3) is 3.02. The summed E-state index contributed by atoms with van der Waals surface area (Å²) < 4.78 is 0. The molecule has 2 fully saturated rings. The Morgan fingerprint density at radius 1 is 1.15 bits per heavy atom. The molecule has 0 aromatic heterocycles. The lowest BCUT2D eigenvalue weighted by atomic mass is 9.64. The number of nitrogens with one attached hydrogen (secondary N) is 1. The number of hydrogen-bond acceptors (Lipinski definition) is 3. The van der Waals surface area contributed by atoms with E-state index in [2.05, 4.69) is 55.3 Å². The lowest BCUT2D eigenvalue weighted by Gasteiger charge is -2.44. The average molecular weight is 355 g/mol. The molecule has 140 valence electrons. The molecule has 1 saturated carbocycles. The van der Waals surface area contributed by atoms with Gasteiger partial charge in [0, 0.05) is 13.1 Å². The highest BCUT2D eigenvalue weighted by atomic mass is 16.2. The average Bonchev–Trinajstić information content (AvgIpc) is 2.76. The number of carbonyl (C=O) groups is 2. The highest BCUT2D eigenvalue weighted by Crippen LogP contribution is 2.46. The normalized spacial score (nSPS) is 31.2. The fourth-order valence-corrected chi connectivity index (χ4v) is 5.51. The van der Waals surface area contributed by atoms with Gasteiger partial charge in [0.05, 0.1) is 6.67 Å². The Labute approximate surface area is 155 Å². The second-order valence-electron chi connectivity index (χ2n) is 9.31. The van der Waals surface area contributed by atoms with Crippen molar-refractivity contribution < 1.29 is 9.59 Å². The molecule has 2 aliphatic heterocycles. The second-order valence-corrected chi connectivity index (χ2v) is 9.31. The highest BCUT2D eigenvalue weighted by molar-refractivity contribution is 6.07. The van der Waals surface area contributed by atoms with E-state index in [1.54, 1.807) is 0 Å². The minimum absolute atomic E-state index is 0.0269. The molecule has 3 aliphatic rings. The maximum atomic E-state index is 13.3. The van der Waals surface area contributed by atoms with Gasteiger partial charge < -0.3 is 5.32 Å². The Bertz CT molecular complexity index is 745. The first-order valence-electron chi connectivity index (χ1n) is 9.71. The summed E-state index contributed by atoms with van der Waals surface area (Å²) in [6.45, 7) is 8.65. The molecule has 1 spiro atoms. The third-order valence-corrected chi connectivity index (χ3v) is 6.18. The van der Waals surface area contributed by atoms with Crippen molar-refractivity contribution >= 4 is 11.9 Å². The molecule has 1 aliphatic carbocycles. The Morgan fingerprint density at radius 2 is 1.88 bits per heavy atom. The number of hydrogen-bond donors (Lipinski definition) is 1. The van der Waals surface area contributed by atoms with Crippen molar-refractivity contribution in [3.05, 3.63) is 35.4 Å². The molecule has 1 saturated heterocycles. The van der Waals surface area contributed by atoms with Crippen LogP contribution in [-0.4, -0.2) is 40.5 Å². The smallest absolute Gasteiger partial charge is 0.323 e. The van der Waals surface area contributed by atoms with Gasteiger partial charge >= 0.3 is 6.03 Å². The van der Waals surface area contributed by atoms with Crippen molar-refractivity contribution in [2.75, 3.05) is 13.2 Å². The van der Waals surface area contributed by atoms with Crippen LogP contribution < -0.4 is 5.32 Å². The zero-order valence-electron chi connectivity index (χ0n) is 16.0. The van der Waals surface area contributed by atoms with Gasteiger partial charge in [-0.25, -0.2) is 9.69 Å². The summed E-state index contributed by atoms with van der Waals surface area (Å²) in [5.74, 6) is 0.408. The van der Waals surface area contributed by atoms with Crippen LogP contribution in [0.25, 0.3) is 0 Å². The SMILES string of the molecule is CC1CC(C)(C)CC2(C1)NC(=O)N(CN1CCc3ccccc3C1)C2=O. The van der Waals surface area contributed by atoms with E-state index in [-0.39, 0.29) is 17.4 Å². The molecule has 0 bridgehead atoms. The van der Waals surface area contributed by atoms with Gasteiger partial charge in [0.2, 0.25) is 0 Å². The first-order chi connectivity index (χ1) is 12.3. The maximum absolute atomic E-state index is 13.3. The zero-order chi connectivity index (χ0) is 18.5. The van der Waals surface area contributed by atoms with Crippen molar-refractivity contribution in [1.82, 2.24) is 15.1 Å². The Balaban J connectivity index is 1.50. The van der Waals surface area contributed by atoms with Crippen LogP contribution in [0.15, 0.2) is 24.3 Å². The summed E-state index contributed by atoms with van der Waals surface area (Å²) in [5, 5.41) is 3.07. The van der Waals surface area contributed by atoms with Gasteiger partial charge in [0.25, 0.3) is 5.91 Å². The fraction of sp³-hybridized carbons (Fsp3) is 0.619. The highest BCUT2D eigenvalue weighted by Gasteiger charge is 2.56. The van der Waals surface area contributed by atoms with Crippen LogP contribution in [0.1, 0.15) is 51.2 Å². The number of benzene rings is 1. The Hall–Kier alpha value is -1.88. The van der Waals surface area contributed by atoms with Gasteiger partial charge in [0.15, 0.2) is 0 Å². The minimum atomic E-state index is -0.702. The molecule has 5 nitrogen and oxygen atoms in total. The van der Waals surface area contributed by atoms with Crippen molar-refractivity contribution in [3.63, 3.8) is 0 Å². The number of carbonyl (C=O) groups excluding carboxylic acids is 2. The van der Waals surface area contributed by atoms with Gasteiger partial charge in [-0.2, -0.15) is 0 Å². The predicted octanol–water partition coefficient (Wildman–Crippen LogP) is 3.14. The van der Waals surface area contributed by atoms with E-state index in [0.717, 1.165) is 38.8 Å². The van der Waals surface area contributed by atoms with E-state index in [9.17, 15) is 9.59 Å². The van der Waals surface area contributed by atoms with Crippen LogP contribution in [0.4, 0.5) is 4.79 Å². The third-order valence-electron chi connectivity index (χ3n) is 6.18. The number of rotatable bonds is 2. The van der Waals surface area contributed by atoms with Crippen LogP contribution in [0.5, 0.6) is 0 Å². The zero-order valence-corrected chi connectivity index (χ0v) is 16.0. The summed E-state index contributed by atoms with van der Waals surface area (Å²) in [6.07, 6.45) is 3.55. The number of nitrogens with zero attached hydrogens (tertiary/aromatic N) is 2. The fourth-order valence-electron chi connectivity index (χ4n) is 5.51. The first kappa shape index (κ1) is 17.5. The van der Waals surface area contributed by atoms with Gasteiger partial charge in [-0.1, -0.05) is 45.0 Å². The van der Waals surface area contributed by atoms with Crippen molar-refractivity contribution in [2.45, 2.75) is 58.5 Å². The maximum Gasteiger partial charge on any atom is 0.326 e. The standard InChI is InChI=1S/C21H29N3O2/c1-15-10-20(2,3)13-21(11-15)18(25)24(19(26)22-21)14-23-9-8-16-6-4-5-7-17(16)12-23/h4-7,15H,8-14H2,1-3H3,(H,22,26). The lowest BCUT2D eigenvalue weighted by Crippen LogP contribution is -2.54. The summed E-state index contributed by atoms with van der Waals surface area (Å²) in [5.41, 5.74) is 2.04. The minimum Gasteiger partial charge on any atom is -0.323 e. The van der Waals surface area contributed by atoms with Crippen LogP contribution in [-0.2, 0) is 17.8 Å². The predicted molar refractivity (Wildman–Crippen MR) is 100 cm³/mol. The molecule has 2 atom stereocenters.